The molecule has 1 heterocycles. The van der Waals surface area contributed by atoms with Gasteiger partial charge >= 0.3 is 5.97 Å². The molecule has 98 valence electrons. The molecule has 1 fully saturated rings. The number of hydrogen-bond acceptors (Lipinski definition) is 3. The number of rotatable bonds is 5. The van der Waals surface area contributed by atoms with E-state index in [0.717, 1.165) is 19.3 Å². The van der Waals surface area contributed by atoms with Gasteiger partial charge in [0.15, 0.2) is 0 Å². The smallest absolute Gasteiger partial charge is 0.305 e. The van der Waals surface area contributed by atoms with Crippen LogP contribution in [0.2, 0.25) is 0 Å². The highest BCUT2D eigenvalue weighted by Crippen LogP contribution is 2.35. The number of carbonyl (C=O) groups is 2. The van der Waals surface area contributed by atoms with Gasteiger partial charge in [-0.2, -0.15) is 5.10 Å². The lowest BCUT2D eigenvalue weighted by atomic mass is 9.74. The molecule has 1 aliphatic carbocycles. The van der Waals surface area contributed by atoms with Gasteiger partial charge in [-0.3, -0.25) is 14.3 Å². The lowest BCUT2D eigenvalue weighted by Crippen LogP contribution is -2.54. The van der Waals surface area contributed by atoms with Crippen LogP contribution in [0.15, 0.2) is 12.4 Å². The van der Waals surface area contributed by atoms with Crippen LogP contribution in [-0.4, -0.2) is 32.3 Å². The van der Waals surface area contributed by atoms with Crippen molar-refractivity contribution < 1.29 is 14.7 Å². The number of carboxylic acids is 1. The van der Waals surface area contributed by atoms with Crippen molar-refractivity contribution in [3.05, 3.63) is 18.0 Å². The van der Waals surface area contributed by atoms with Crippen molar-refractivity contribution in [3.8, 4) is 0 Å². The summed E-state index contributed by atoms with van der Waals surface area (Å²) in [6.45, 7) is 2.64. The molecule has 0 radical (unpaired) electrons. The van der Waals surface area contributed by atoms with Crippen LogP contribution in [0, 0.1) is 0 Å². The lowest BCUT2D eigenvalue weighted by Gasteiger charge is -2.41. The quantitative estimate of drug-likeness (QED) is 0.818. The number of aromatic nitrogens is 2. The van der Waals surface area contributed by atoms with Crippen molar-refractivity contribution in [1.29, 1.82) is 0 Å². The Balaban J connectivity index is 2.03. The summed E-state index contributed by atoms with van der Waals surface area (Å²) in [6, 6.07) is 0. The largest absolute Gasteiger partial charge is 0.481 e. The van der Waals surface area contributed by atoms with E-state index >= 15 is 0 Å². The first kappa shape index (κ1) is 12.6. The van der Waals surface area contributed by atoms with Crippen LogP contribution in [0.5, 0.6) is 0 Å². The predicted octanol–water partition coefficient (Wildman–Crippen LogP) is 1.03. The first-order chi connectivity index (χ1) is 8.54. The standard InChI is InChI=1S/C12H17N3O3/c1-2-15-8-9(7-13-15)11(18)14-12(4-3-5-12)6-10(16)17/h7-8H,2-6H2,1H3,(H,14,18)(H,16,17). The second kappa shape index (κ2) is 4.80. The molecule has 1 aromatic heterocycles. The number of hydrogen-bond donors (Lipinski definition) is 2. The van der Waals surface area contributed by atoms with Crippen molar-refractivity contribution in [3.63, 3.8) is 0 Å². The maximum atomic E-state index is 12.0. The summed E-state index contributed by atoms with van der Waals surface area (Å²) in [6.07, 6.45) is 5.58. The summed E-state index contributed by atoms with van der Waals surface area (Å²) in [5.41, 5.74) is -0.0782. The van der Waals surface area contributed by atoms with E-state index in [2.05, 4.69) is 10.4 Å². The minimum Gasteiger partial charge on any atom is -0.481 e. The van der Waals surface area contributed by atoms with Crippen molar-refractivity contribution in [2.45, 2.75) is 44.7 Å². The highest BCUT2D eigenvalue weighted by molar-refractivity contribution is 5.94. The van der Waals surface area contributed by atoms with Gasteiger partial charge in [0.25, 0.3) is 5.91 Å². The Labute approximate surface area is 105 Å². The van der Waals surface area contributed by atoms with Crippen LogP contribution in [-0.2, 0) is 11.3 Å². The summed E-state index contributed by atoms with van der Waals surface area (Å²) in [7, 11) is 0. The lowest BCUT2D eigenvalue weighted by molar-refractivity contribution is -0.139. The molecular weight excluding hydrogens is 234 g/mol. The molecule has 6 heteroatoms. The Hall–Kier alpha value is -1.85. The summed E-state index contributed by atoms with van der Waals surface area (Å²) in [5.74, 6) is -1.12. The monoisotopic (exact) mass is 251 g/mol. The van der Waals surface area contributed by atoms with Gasteiger partial charge in [0, 0.05) is 12.7 Å². The summed E-state index contributed by atoms with van der Waals surface area (Å²) in [5, 5.41) is 15.7. The zero-order chi connectivity index (χ0) is 13.2. The predicted molar refractivity (Wildman–Crippen MR) is 64.2 cm³/mol. The Morgan fingerprint density at radius 1 is 1.56 bits per heavy atom. The van der Waals surface area contributed by atoms with Gasteiger partial charge in [-0.1, -0.05) is 0 Å². The van der Waals surface area contributed by atoms with Crippen molar-refractivity contribution in [1.82, 2.24) is 15.1 Å². The maximum absolute atomic E-state index is 12.0. The summed E-state index contributed by atoms with van der Waals surface area (Å²) >= 11 is 0. The van der Waals surface area contributed by atoms with E-state index in [1.165, 1.54) is 6.20 Å². The molecule has 1 aromatic rings. The van der Waals surface area contributed by atoms with Gasteiger partial charge in [0.05, 0.1) is 23.7 Å². The van der Waals surface area contributed by atoms with Gasteiger partial charge in [-0.25, -0.2) is 0 Å². The van der Waals surface area contributed by atoms with Crippen LogP contribution >= 0.6 is 0 Å². The third kappa shape index (κ3) is 2.52. The highest BCUT2D eigenvalue weighted by atomic mass is 16.4. The molecule has 1 amide bonds. The second-order valence-corrected chi connectivity index (χ2v) is 4.74. The molecule has 18 heavy (non-hydrogen) atoms. The number of amides is 1. The van der Waals surface area contributed by atoms with Crippen molar-refractivity contribution in [2.75, 3.05) is 0 Å². The fourth-order valence-electron chi connectivity index (χ4n) is 2.21. The van der Waals surface area contributed by atoms with E-state index < -0.39 is 11.5 Å². The SMILES string of the molecule is CCn1cc(C(=O)NC2(CC(=O)O)CCC2)cn1. The first-order valence-corrected chi connectivity index (χ1v) is 6.11. The molecule has 2 N–H and O–H groups in total. The fourth-order valence-corrected chi connectivity index (χ4v) is 2.21. The molecular formula is C12H17N3O3. The van der Waals surface area contributed by atoms with E-state index in [9.17, 15) is 9.59 Å². The van der Waals surface area contributed by atoms with Crippen LogP contribution in [0.3, 0.4) is 0 Å². The molecule has 0 bridgehead atoms. The molecule has 0 saturated heterocycles. The number of aryl methyl sites for hydroxylation is 1. The first-order valence-electron chi connectivity index (χ1n) is 6.11. The third-order valence-electron chi connectivity index (χ3n) is 3.40. The molecule has 6 nitrogen and oxygen atoms in total. The average molecular weight is 251 g/mol. The van der Waals surface area contributed by atoms with E-state index in [-0.39, 0.29) is 12.3 Å². The van der Waals surface area contributed by atoms with Gasteiger partial charge < -0.3 is 10.4 Å². The fraction of sp³-hybridized carbons (Fsp3) is 0.583. The molecule has 0 unspecified atom stereocenters. The average Bonchev–Trinajstić information content (AvgIpc) is 2.73. The number of carboxylic acid groups (broad SMARTS) is 1. The topological polar surface area (TPSA) is 84.2 Å². The summed E-state index contributed by atoms with van der Waals surface area (Å²) < 4.78 is 1.67. The van der Waals surface area contributed by atoms with Crippen molar-refractivity contribution >= 4 is 11.9 Å². The summed E-state index contributed by atoms with van der Waals surface area (Å²) in [4.78, 5) is 22.8. The van der Waals surface area contributed by atoms with Gasteiger partial charge in [0.1, 0.15) is 0 Å². The Morgan fingerprint density at radius 2 is 2.28 bits per heavy atom. The number of nitrogens with zero attached hydrogens (tertiary/aromatic N) is 2. The highest BCUT2D eigenvalue weighted by Gasteiger charge is 2.40. The molecule has 2 rings (SSSR count). The number of carbonyl (C=O) groups excluding carboxylic acids is 1. The van der Waals surface area contributed by atoms with Crippen LogP contribution in [0.25, 0.3) is 0 Å². The molecule has 0 atom stereocenters. The van der Waals surface area contributed by atoms with Gasteiger partial charge in [0.2, 0.25) is 0 Å². The van der Waals surface area contributed by atoms with E-state index in [1.54, 1.807) is 10.9 Å². The van der Waals surface area contributed by atoms with Crippen LogP contribution in [0.1, 0.15) is 43.0 Å². The Bertz CT molecular complexity index is 463. The molecule has 0 spiro atoms. The van der Waals surface area contributed by atoms with E-state index in [0.29, 0.717) is 12.1 Å². The normalized spacial score (nSPS) is 16.9. The van der Waals surface area contributed by atoms with E-state index in [1.807, 2.05) is 6.92 Å². The molecule has 0 aromatic carbocycles. The molecule has 1 aliphatic rings. The van der Waals surface area contributed by atoms with Crippen molar-refractivity contribution in [2.24, 2.45) is 0 Å². The van der Waals surface area contributed by atoms with Crippen LogP contribution in [0.4, 0.5) is 0 Å². The minimum absolute atomic E-state index is 0.0132. The molecule has 0 aliphatic heterocycles. The second-order valence-electron chi connectivity index (χ2n) is 4.74. The zero-order valence-corrected chi connectivity index (χ0v) is 10.3. The Morgan fingerprint density at radius 3 is 2.72 bits per heavy atom. The van der Waals surface area contributed by atoms with E-state index in [4.69, 9.17) is 5.11 Å². The van der Waals surface area contributed by atoms with Gasteiger partial charge in [-0.05, 0) is 26.2 Å². The number of nitrogens with one attached hydrogen (secondary N) is 1. The molecule has 1 saturated carbocycles. The van der Waals surface area contributed by atoms with Gasteiger partial charge in [-0.15, -0.1) is 0 Å². The maximum Gasteiger partial charge on any atom is 0.305 e. The zero-order valence-electron chi connectivity index (χ0n) is 10.3. The number of aliphatic carboxylic acids is 1. The minimum atomic E-state index is -0.876. The third-order valence-corrected chi connectivity index (χ3v) is 3.40. The Kier molecular flexibility index (Phi) is 3.36. The van der Waals surface area contributed by atoms with Crippen LogP contribution < -0.4 is 5.32 Å².